The smallest absolute Gasteiger partial charge is 0.321 e. The molecule has 0 heterocycles. The van der Waals surface area contributed by atoms with E-state index in [1.807, 2.05) is 42.5 Å². The van der Waals surface area contributed by atoms with Crippen LogP contribution in [0.25, 0.3) is 10.8 Å². The minimum absolute atomic E-state index is 0.0871. The largest absolute Gasteiger partial charge is 0.455 e. The van der Waals surface area contributed by atoms with Crippen molar-refractivity contribution in [1.29, 1.82) is 0 Å². The second-order valence-electron chi connectivity index (χ2n) is 5.63. The fraction of sp³-hybridized carbons (Fsp3) is 0.278. The lowest BCUT2D eigenvalue weighted by molar-refractivity contribution is -0.145. The number of ether oxygens (including phenoxy) is 1. The Labute approximate surface area is 150 Å². The van der Waals surface area contributed by atoms with Crippen LogP contribution >= 0.6 is 11.8 Å². The maximum Gasteiger partial charge on any atom is 0.321 e. The van der Waals surface area contributed by atoms with E-state index < -0.39 is 24.5 Å². The molecule has 0 saturated heterocycles. The van der Waals surface area contributed by atoms with Crippen molar-refractivity contribution in [3.63, 3.8) is 0 Å². The molecule has 132 valence electrons. The minimum atomic E-state index is -0.665. The lowest BCUT2D eigenvalue weighted by atomic mass is 10.1. The molecule has 0 unspecified atom stereocenters. The molecule has 0 aliphatic carbocycles. The van der Waals surface area contributed by atoms with Gasteiger partial charge in [0.1, 0.15) is 0 Å². The highest BCUT2D eigenvalue weighted by atomic mass is 32.2. The average molecular weight is 360 g/mol. The molecule has 2 aromatic rings. The first-order valence-electron chi connectivity index (χ1n) is 7.81. The standard InChI is InChI=1S/C18H20N2O4S/c1-12(2)19-18(23)20-16(21)10-24-17(22)11-25-15-8-7-13-5-3-4-6-14(13)9-15/h3-9,12H,10-11H2,1-2H3,(H2,19,20,21,23). The first kappa shape index (κ1) is 18.8. The van der Waals surface area contributed by atoms with Crippen LogP contribution in [0.1, 0.15) is 13.8 Å². The van der Waals surface area contributed by atoms with Gasteiger partial charge in [0.25, 0.3) is 5.91 Å². The first-order valence-corrected chi connectivity index (χ1v) is 8.80. The number of rotatable bonds is 6. The van der Waals surface area contributed by atoms with Crippen LogP contribution < -0.4 is 10.6 Å². The third-order valence-electron chi connectivity index (χ3n) is 3.11. The highest BCUT2D eigenvalue weighted by Gasteiger charge is 2.12. The van der Waals surface area contributed by atoms with Crippen molar-refractivity contribution < 1.29 is 19.1 Å². The molecule has 2 rings (SSSR count). The lowest BCUT2D eigenvalue weighted by Crippen LogP contribution is -2.44. The number of carbonyl (C=O) groups is 3. The van der Waals surface area contributed by atoms with E-state index in [2.05, 4.69) is 10.6 Å². The number of benzene rings is 2. The summed E-state index contributed by atoms with van der Waals surface area (Å²) in [6.45, 7) is 3.06. The SMILES string of the molecule is CC(C)NC(=O)NC(=O)COC(=O)CSc1ccc2ccccc2c1. The van der Waals surface area contributed by atoms with Gasteiger partial charge in [-0.15, -0.1) is 11.8 Å². The van der Waals surface area contributed by atoms with E-state index in [1.165, 1.54) is 11.8 Å². The van der Waals surface area contributed by atoms with Crippen molar-refractivity contribution in [3.05, 3.63) is 42.5 Å². The van der Waals surface area contributed by atoms with Gasteiger partial charge >= 0.3 is 12.0 Å². The molecule has 0 aromatic heterocycles. The van der Waals surface area contributed by atoms with Crippen LogP contribution in [0.3, 0.4) is 0 Å². The summed E-state index contributed by atoms with van der Waals surface area (Å²) in [4.78, 5) is 35.5. The molecular formula is C18H20N2O4S. The number of thioether (sulfide) groups is 1. The van der Waals surface area contributed by atoms with Gasteiger partial charge < -0.3 is 10.1 Å². The minimum Gasteiger partial charge on any atom is -0.455 e. The van der Waals surface area contributed by atoms with Crippen LogP contribution in [-0.2, 0) is 14.3 Å². The van der Waals surface area contributed by atoms with Crippen LogP contribution in [0.4, 0.5) is 4.79 Å². The van der Waals surface area contributed by atoms with E-state index in [4.69, 9.17) is 4.74 Å². The summed E-state index contributed by atoms with van der Waals surface area (Å²) in [7, 11) is 0. The highest BCUT2D eigenvalue weighted by Crippen LogP contribution is 2.23. The number of hydrogen-bond donors (Lipinski definition) is 2. The summed E-state index contributed by atoms with van der Waals surface area (Å²) in [5, 5.41) is 6.82. The normalized spacial score (nSPS) is 10.5. The van der Waals surface area contributed by atoms with E-state index in [-0.39, 0.29) is 11.8 Å². The molecular weight excluding hydrogens is 340 g/mol. The highest BCUT2D eigenvalue weighted by molar-refractivity contribution is 8.00. The Morgan fingerprint density at radius 2 is 1.80 bits per heavy atom. The maximum absolute atomic E-state index is 11.7. The molecule has 0 bridgehead atoms. The number of hydrogen-bond acceptors (Lipinski definition) is 5. The summed E-state index contributed by atoms with van der Waals surface area (Å²) in [6.07, 6.45) is 0. The molecule has 7 heteroatoms. The van der Waals surface area contributed by atoms with Crippen LogP contribution in [0, 0.1) is 0 Å². The third-order valence-corrected chi connectivity index (χ3v) is 4.08. The molecule has 0 radical (unpaired) electrons. The van der Waals surface area contributed by atoms with Crippen LogP contribution in [0.2, 0.25) is 0 Å². The summed E-state index contributed by atoms with van der Waals surface area (Å²) in [6, 6.07) is 13.2. The number of carbonyl (C=O) groups excluding carboxylic acids is 3. The van der Waals surface area contributed by atoms with Crippen molar-refractivity contribution in [3.8, 4) is 0 Å². The van der Waals surface area contributed by atoms with Gasteiger partial charge in [0.15, 0.2) is 6.61 Å². The van der Waals surface area contributed by atoms with E-state index in [0.717, 1.165) is 15.7 Å². The molecule has 0 aliphatic rings. The van der Waals surface area contributed by atoms with Crippen LogP contribution in [0.15, 0.2) is 47.4 Å². The molecule has 0 spiro atoms. The number of amides is 3. The molecule has 0 saturated carbocycles. The summed E-state index contributed by atoms with van der Waals surface area (Å²) in [5.74, 6) is -1.09. The second kappa shape index (κ2) is 9.08. The van der Waals surface area contributed by atoms with Crippen molar-refractivity contribution in [1.82, 2.24) is 10.6 Å². The fourth-order valence-electron chi connectivity index (χ4n) is 2.05. The topological polar surface area (TPSA) is 84.5 Å². The number of nitrogens with one attached hydrogen (secondary N) is 2. The van der Waals surface area contributed by atoms with Gasteiger partial charge in [-0.1, -0.05) is 30.3 Å². The molecule has 0 fully saturated rings. The Balaban J connectivity index is 1.74. The molecule has 0 aliphatic heterocycles. The zero-order chi connectivity index (χ0) is 18.2. The van der Waals surface area contributed by atoms with Gasteiger partial charge in [-0.3, -0.25) is 14.9 Å². The fourth-order valence-corrected chi connectivity index (χ4v) is 2.79. The Morgan fingerprint density at radius 1 is 1.08 bits per heavy atom. The van der Waals surface area contributed by atoms with E-state index in [0.29, 0.717) is 0 Å². The molecule has 6 nitrogen and oxygen atoms in total. The van der Waals surface area contributed by atoms with Gasteiger partial charge in [0.2, 0.25) is 0 Å². The van der Waals surface area contributed by atoms with Crippen molar-refractivity contribution in [2.75, 3.05) is 12.4 Å². The van der Waals surface area contributed by atoms with Crippen LogP contribution in [0.5, 0.6) is 0 Å². The predicted molar refractivity (Wildman–Crippen MR) is 97.4 cm³/mol. The lowest BCUT2D eigenvalue weighted by Gasteiger charge is -2.09. The Morgan fingerprint density at radius 3 is 2.52 bits per heavy atom. The Kier molecular flexibility index (Phi) is 6.82. The second-order valence-corrected chi connectivity index (χ2v) is 6.68. The van der Waals surface area contributed by atoms with Crippen molar-refractivity contribution >= 4 is 40.4 Å². The van der Waals surface area contributed by atoms with Gasteiger partial charge in [0, 0.05) is 10.9 Å². The van der Waals surface area contributed by atoms with Crippen LogP contribution in [-0.4, -0.2) is 36.3 Å². The van der Waals surface area contributed by atoms with Gasteiger partial charge in [-0.25, -0.2) is 4.79 Å². The molecule has 25 heavy (non-hydrogen) atoms. The summed E-state index contributed by atoms with van der Waals surface area (Å²) < 4.78 is 4.87. The quantitative estimate of drug-likeness (QED) is 0.611. The van der Waals surface area contributed by atoms with Gasteiger partial charge in [-0.05, 0) is 36.8 Å². The zero-order valence-corrected chi connectivity index (χ0v) is 14.9. The van der Waals surface area contributed by atoms with Gasteiger partial charge in [-0.2, -0.15) is 0 Å². The van der Waals surface area contributed by atoms with Gasteiger partial charge in [0.05, 0.1) is 5.75 Å². The monoisotopic (exact) mass is 360 g/mol. The van der Waals surface area contributed by atoms with E-state index in [1.54, 1.807) is 13.8 Å². The van der Waals surface area contributed by atoms with Crippen molar-refractivity contribution in [2.24, 2.45) is 0 Å². The summed E-state index contributed by atoms with van der Waals surface area (Å²) in [5.41, 5.74) is 0. The number of fused-ring (bicyclic) bond motifs is 1. The molecule has 2 N–H and O–H groups in total. The first-order chi connectivity index (χ1) is 11.9. The number of esters is 1. The average Bonchev–Trinajstić information content (AvgIpc) is 2.57. The molecule has 0 atom stereocenters. The summed E-state index contributed by atoms with van der Waals surface area (Å²) >= 11 is 1.33. The molecule has 2 aromatic carbocycles. The van der Waals surface area contributed by atoms with Crippen molar-refractivity contribution in [2.45, 2.75) is 24.8 Å². The maximum atomic E-state index is 11.7. The number of urea groups is 1. The Hall–Kier alpha value is -2.54. The van der Waals surface area contributed by atoms with E-state index >= 15 is 0 Å². The third kappa shape index (κ3) is 6.46. The van der Waals surface area contributed by atoms with E-state index in [9.17, 15) is 14.4 Å². The predicted octanol–water partition coefficient (Wildman–Crippen LogP) is 2.71. The number of imide groups is 1. The Bertz CT molecular complexity index is 777. The molecule has 3 amide bonds. The zero-order valence-electron chi connectivity index (χ0n) is 14.1.